The maximum Gasteiger partial charge on any atom is 0.275 e. The number of halogens is 2. The van der Waals surface area contributed by atoms with Gasteiger partial charge in [0.2, 0.25) is 10.1 Å². The third-order valence-electron chi connectivity index (χ3n) is 4.02. The largest absolute Gasteiger partial charge is 0.353 e. The van der Waals surface area contributed by atoms with Crippen molar-refractivity contribution in [1.29, 1.82) is 0 Å². The van der Waals surface area contributed by atoms with Gasteiger partial charge >= 0.3 is 0 Å². The smallest absolute Gasteiger partial charge is 0.275 e. The molecule has 1 aliphatic carbocycles. The summed E-state index contributed by atoms with van der Waals surface area (Å²) in [5.74, 6) is 0.379. The van der Waals surface area contributed by atoms with Crippen LogP contribution < -0.4 is 10.9 Å². The highest BCUT2D eigenvalue weighted by atomic mass is 79.9. The van der Waals surface area contributed by atoms with Crippen LogP contribution in [-0.2, 0) is 0 Å². The minimum atomic E-state index is -0.274. The zero-order valence-electron chi connectivity index (χ0n) is 12.6. The number of fused-ring (bicyclic) bond motifs is 1. The number of nitrogens with zero attached hydrogens (tertiary/aromatic N) is 3. The lowest BCUT2D eigenvalue weighted by Gasteiger charge is -2.18. The van der Waals surface area contributed by atoms with Gasteiger partial charge in [0.1, 0.15) is 5.82 Å². The Kier molecular flexibility index (Phi) is 4.09. The van der Waals surface area contributed by atoms with Gasteiger partial charge in [-0.05, 0) is 36.1 Å². The van der Waals surface area contributed by atoms with Crippen LogP contribution >= 0.6 is 27.3 Å². The molecule has 3 aromatic rings. The Bertz CT molecular complexity index is 932. The molecule has 1 unspecified atom stereocenters. The van der Waals surface area contributed by atoms with Crippen LogP contribution in [0.3, 0.4) is 0 Å². The van der Waals surface area contributed by atoms with Gasteiger partial charge in [-0.1, -0.05) is 40.1 Å². The maximum absolute atomic E-state index is 13.8. The molecule has 0 amide bonds. The van der Waals surface area contributed by atoms with Gasteiger partial charge in [-0.3, -0.25) is 4.79 Å². The fourth-order valence-corrected chi connectivity index (χ4v) is 4.00. The fourth-order valence-electron chi connectivity index (χ4n) is 2.69. The van der Waals surface area contributed by atoms with Crippen LogP contribution in [0.25, 0.3) is 4.96 Å². The molecule has 1 fully saturated rings. The van der Waals surface area contributed by atoms with Gasteiger partial charge in [0.05, 0.1) is 6.04 Å². The molecule has 1 N–H and O–H groups in total. The molecule has 4 rings (SSSR count). The monoisotopic (exact) mass is 408 g/mol. The summed E-state index contributed by atoms with van der Waals surface area (Å²) >= 11 is 4.66. The van der Waals surface area contributed by atoms with E-state index in [9.17, 15) is 9.18 Å². The van der Waals surface area contributed by atoms with Crippen molar-refractivity contribution in [2.75, 3.05) is 5.32 Å². The summed E-state index contributed by atoms with van der Waals surface area (Å²) in [6, 6.07) is 6.23. The molecule has 124 valence electrons. The second kappa shape index (κ2) is 6.25. The van der Waals surface area contributed by atoms with E-state index in [2.05, 4.69) is 31.3 Å². The van der Waals surface area contributed by atoms with Gasteiger partial charge < -0.3 is 5.32 Å². The van der Waals surface area contributed by atoms with Crippen molar-refractivity contribution in [3.63, 3.8) is 0 Å². The van der Waals surface area contributed by atoms with Gasteiger partial charge in [0, 0.05) is 16.7 Å². The molecule has 0 bridgehead atoms. The Hall–Kier alpha value is -1.80. The van der Waals surface area contributed by atoms with Crippen molar-refractivity contribution in [2.24, 2.45) is 5.92 Å². The van der Waals surface area contributed by atoms with E-state index in [4.69, 9.17) is 0 Å². The van der Waals surface area contributed by atoms with Crippen LogP contribution in [0.5, 0.6) is 0 Å². The summed E-state index contributed by atoms with van der Waals surface area (Å²) in [6.45, 7) is 0. The molecule has 0 spiro atoms. The van der Waals surface area contributed by atoms with Crippen molar-refractivity contribution < 1.29 is 4.39 Å². The predicted molar refractivity (Wildman–Crippen MR) is 94.9 cm³/mol. The van der Waals surface area contributed by atoms with E-state index in [1.54, 1.807) is 6.07 Å². The van der Waals surface area contributed by atoms with Gasteiger partial charge in [0.15, 0.2) is 0 Å². The van der Waals surface area contributed by atoms with E-state index < -0.39 is 0 Å². The molecule has 1 atom stereocenters. The number of nitrogens with one attached hydrogen (secondary N) is 1. The Labute approximate surface area is 149 Å². The number of anilines is 1. The predicted octanol–water partition coefficient (Wildman–Crippen LogP) is 4.01. The molecule has 1 aromatic carbocycles. The lowest BCUT2D eigenvalue weighted by molar-refractivity contribution is 0.602. The van der Waals surface area contributed by atoms with Crippen LogP contribution in [-0.4, -0.2) is 14.6 Å². The first kappa shape index (κ1) is 15.7. The molecular weight excluding hydrogens is 395 g/mol. The van der Waals surface area contributed by atoms with E-state index in [0.29, 0.717) is 20.5 Å². The lowest BCUT2D eigenvalue weighted by Crippen LogP contribution is -2.15. The van der Waals surface area contributed by atoms with Crippen LogP contribution in [0.4, 0.5) is 9.52 Å². The number of rotatable bonds is 5. The van der Waals surface area contributed by atoms with Gasteiger partial charge in [-0.25, -0.2) is 9.37 Å². The highest BCUT2D eigenvalue weighted by Gasteiger charge is 2.27. The topological polar surface area (TPSA) is 59.3 Å². The minimum Gasteiger partial charge on any atom is -0.353 e. The number of hydrogen-bond donors (Lipinski definition) is 1. The van der Waals surface area contributed by atoms with Gasteiger partial charge in [-0.15, -0.1) is 5.10 Å². The molecule has 0 aliphatic heterocycles. The first-order chi connectivity index (χ1) is 11.6. The summed E-state index contributed by atoms with van der Waals surface area (Å²) in [5, 5.41) is 8.26. The normalized spacial score (nSPS) is 15.6. The molecule has 5 nitrogen and oxygen atoms in total. The molecule has 0 radical (unpaired) electrons. The summed E-state index contributed by atoms with van der Waals surface area (Å²) < 4.78 is 15.8. The summed E-state index contributed by atoms with van der Waals surface area (Å²) in [4.78, 5) is 16.5. The zero-order chi connectivity index (χ0) is 16.7. The quantitative estimate of drug-likeness (QED) is 0.692. The van der Waals surface area contributed by atoms with Crippen LogP contribution in [0.1, 0.15) is 30.9 Å². The van der Waals surface area contributed by atoms with E-state index in [0.717, 1.165) is 12.0 Å². The average molecular weight is 409 g/mol. The molecular formula is C16H14BrFN4OS. The SMILES string of the molecule is O=c1ccnc2sc(NC(CC3CC3)c3cc(F)cc(Br)c3)nn12. The minimum absolute atomic E-state index is 0.0548. The highest BCUT2D eigenvalue weighted by Crippen LogP contribution is 2.39. The maximum atomic E-state index is 13.8. The van der Waals surface area contributed by atoms with Crippen molar-refractivity contribution in [3.05, 3.63) is 56.7 Å². The van der Waals surface area contributed by atoms with Crippen molar-refractivity contribution in [2.45, 2.75) is 25.3 Å². The Balaban J connectivity index is 1.67. The number of hydrogen-bond acceptors (Lipinski definition) is 5. The Morgan fingerprint density at radius 1 is 1.42 bits per heavy atom. The molecule has 24 heavy (non-hydrogen) atoms. The molecule has 2 aromatic heterocycles. The molecule has 1 saturated carbocycles. The van der Waals surface area contributed by atoms with E-state index in [1.807, 2.05) is 6.07 Å². The van der Waals surface area contributed by atoms with Gasteiger partial charge in [0.25, 0.3) is 5.56 Å². The van der Waals surface area contributed by atoms with Crippen LogP contribution in [0.15, 0.2) is 39.7 Å². The Morgan fingerprint density at radius 2 is 2.25 bits per heavy atom. The first-order valence-corrected chi connectivity index (χ1v) is 9.27. The van der Waals surface area contributed by atoms with E-state index >= 15 is 0 Å². The third kappa shape index (κ3) is 3.34. The lowest BCUT2D eigenvalue weighted by atomic mass is 10.0. The number of aromatic nitrogens is 3. The average Bonchev–Trinajstić information content (AvgIpc) is 3.23. The van der Waals surface area contributed by atoms with Crippen LogP contribution in [0.2, 0.25) is 0 Å². The van der Waals surface area contributed by atoms with E-state index in [1.165, 1.54) is 47.0 Å². The molecule has 0 saturated heterocycles. The third-order valence-corrected chi connectivity index (χ3v) is 5.33. The standard InChI is InChI=1S/C16H14BrFN4OS/c17-11-6-10(7-12(18)8-11)13(5-9-1-2-9)20-15-21-22-14(23)3-4-19-16(22)24-15/h3-4,6-9,13H,1-2,5H2,(H,20,21). The first-order valence-electron chi connectivity index (χ1n) is 7.66. The van der Waals surface area contributed by atoms with Gasteiger partial charge in [-0.2, -0.15) is 4.52 Å². The Morgan fingerprint density at radius 3 is 2.96 bits per heavy atom. The van der Waals surface area contributed by atoms with Crippen molar-refractivity contribution >= 4 is 37.4 Å². The molecule has 1 aliphatic rings. The van der Waals surface area contributed by atoms with Crippen molar-refractivity contribution in [3.8, 4) is 0 Å². The summed E-state index contributed by atoms with van der Waals surface area (Å²) in [5.41, 5.74) is 0.657. The second-order valence-electron chi connectivity index (χ2n) is 5.96. The molecule has 2 heterocycles. The van der Waals surface area contributed by atoms with Crippen LogP contribution in [0, 0.1) is 11.7 Å². The second-order valence-corrected chi connectivity index (χ2v) is 7.84. The van der Waals surface area contributed by atoms with E-state index in [-0.39, 0.29) is 17.4 Å². The fraction of sp³-hybridized carbons (Fsp3) is 0.312. The molecule has 8 heteroatoms. The summed E-state index contributed by atoms with van der Waals surface area (Å²) in [6.07, 6.45) is 4.80. The van der Waals surface area contributed by atoms with Crippen molar-refractivity contribution in [1.82, 2.24) is 14.6 Å². The highest BCUT2D eigenvalue weighted by molar-refractivity contribution is 9.10. The summed E-state index contributed by atoms with van der Waals surface area (Å²) in [7, 11) is 0. The number of benzene rings is 1. The zero-order valence-corrected chi connectivity index (χ0v) is 15.0.